The van der Waals surface area contributed by atoms with Crippen LogP contribution in [0.5, 0.6) is 0 Å². The Morgan fingerprint density at radius 3 is 2.56 bits per heavy atom. The number of ether oxygens (including phenoxy) is 1. The molecule has 0 aliphatic carbocycles. The minimum Gasteiger partial charge on any atom is -0.465 e. The first-order chi connectivity index (χ1) is 11.8. The third-order valence-electron chi connectivity index (χ3n) is 3.50. The molecule has 1 aromatic heterocycles. The fourth-order valence-corrected chi connectivity index (χ4v) is 2.32. The number of alkyl halides is 3. The number of aromatic nitrogens is 1. The molecule has 0 aliphatic rings. The van der Waals surface area contributed by atoms with E-state index in [0.717, 1.165) is 12.1 Å². The standard InChI is InChI=1S/C17H10F3NO4/c1-24-15(22)11-6-3-7-12-13(11)21-14(25-16(12)23)9-4-2-5-10(8-9)17(18,19)20/h2-8H,1H3. The van der Waals surface area contributed by atoms with Gasteiger partial charge in [0.2, 0.25) is 5.89 Å². The Hall–Kier alpha value is -3.16. The molecule has 0 fully saturated rings. The van der Waals surface area contributed by atoms with E-state index in [-0.39, 0.29) is 27.9 Å². The van der Waals surface area contributed by atoms with Gasteiger partial charge in [-0.25, -0.2) is 14.6 Å². The first-order valence-electron chi connectivity index (χ1n) is 7.01. The summed E-state index contributed by atoms with van der Waals surface area (Å²) in [6.45, 7) is 0. The molecule has 1 heterocycles. The Kier molecular flexibility index (Phi) is 4.03. The monoisotopic (exact) mass is 349 g/mol. The highest BCUT2D eigenvalue weighted by molar-refractivity contribution is 6.02. The Morgan fingerprint density at radius 2 is 1.88 bits per heavy atom. The van der Waals surface area contributed by atoms with Gasteiger partial charge in [0, 0.05) is 5.56 Å². The van der Waals surface area contributed by atoms with Gasteiger partial charge in [0.1, 0.15) is 0 Å². The average Bonchev–Trinajstić information content (AvgIpc) is 2.60. The van der Waals surface area contributed by atoms with Crippen molar-refractivity contribution in [2.75, 3.05) is 7.11 Å². The maximum Gasteiger partial charge on any atom is 0.416 e. The van der Waals surface area contributed by atoms with Crippen molar-refractivity contribution in [1.29, 1.82) is 0 Å². The third-order valence-corrected chi connectivity index (χ3v) is 3.50. The van der Waals surface area contributed by atoms with Crippen LogP contribution in [0.4, 0.5) is 13.2 Å². The number of hydrogen-bond donors (Lipinski definition) is 0. The number of methoxy groups -OCH3 is 1. The fourth-order valence-electron chi connectivity index (χ4n) is 2.32. The molecule has 0 saturated heterocycles. The predicted octanol–water partition coefficient (Wildman–Crippen LogP) is 3.66. The summed E-state index contributed by atoms with van der Waals surface area (Å²) in [5.41, 5.74) is -1.74. The van der Waals surface area contributed by atoms with E-state index < -0.39 is 23.3 Å². The number of carbonyl (C=O) groups is 1. The van der Waals surface area contributed by atoms with Crippen LogP contribution in [0.1, 0.15) is 15.9 Å². The van der Waals surface area contributed by atoms with E-state index in [9.17, 15) is 22.8 Å². The maximum atomic E-state index is 12.9. The molecule has 0 N–H and O–H groups in total. The second kappa shape index (κ2) is 6.04. The molecule has 0 unspecified atom stereocenters. The van der Waals surface area contributed by atoms with Crippen molar-refractivity contribution in [1.82, 2.24) is 4.98 Å². The molecule has 3 rings (SSSR count). The van der Waals surface area contributed by atoms with Crippen molar-refractivity contribution in [3.05, 3.63) is 64.0 Å². The van der Waals surface area contributed by atoms with Gasteiger partial charge in [-0.2, -0.15) is 13.2 Å². The lowest BCUT2D eigenvalue weighted by Gasteiger charge is -2.08. The van der Waals surface area contributed by atoms with Crippen molar-refractivity contribution >= 4 is 16.9 Å². The highest BCUT2D eigenvalue weighted by Crippen LogP contribution is 2.32. The lowest BCUT2D eigenvalue weighted by Crippen LogP contribution is -2.09. The molecule has 5 nitrogen and oxygen atoms in total. The second-order valence-electron chi connectivity index (χ2n) is 5.08. The molecule has 2 aromatic carbocycles. The van der Waals surface area contributed by atoms with Gasteiger partial charge in [0.05, 0.1) is 29.1 Å². The van der Waals surface area contributed by atoms with Crippen LogP contribution >= 0.6 is 0 Å². The Balaban J connectivity index is 2.25. The third kappa shape index (κ3) is 3.10. The van der Waals surface area contributed by atoms with E-state index >= 15 is 0 Å². The first kappa shape index (κ1) is 16.7. The molecule has 0 spiro atoms. The normalized spacial score (nSPS) is 11.5. The Labute approximate surface area is 138 Å². The van der Waals surface area contributed by atoms with Gasteiger partial charge in [-0.3, -0.25) is 0 Å². The highest BCUT2D eigenvalue weighted by Gasteiger charge is 2.30. The van der Waals surface area contributed by atoms with Crippen LogP contribution in [0, 0.1) is 0 Å². The highest BCUT2D eigenvalue weighted by atomic mass is 19.4. The number of rotatable bonds is 2. The van der Waals surface area contributed by atoms with Crippen LogP contribution in [0.25, 0.3) is 22.4 Å². The van der Waals surface area contributed by atoms with Gasteiger partial charge in [-0.1, -0.05) is 12.1 Å². The molecular weight excluding hydrogens is 339 g/mol. The molecule has 128 valence electrons. The summed E-state index contributed by atoms with van der Waals surface area (Å²) in [7, 11) is 1.17. The van der Waals surface area contributed by atoms with E-state index in [2.05, 4.69) is 9.72 Å². The summed E-state index contributed by atoms with van der Waals surface area (Å²) < 4.78 is 48.2. The van der Waals surface area contributed by atoms with Crippen LogP contribution < -0.4 is 5.63 Å². The van der Waals surface area contributed by atoms with Crippen LogP contribution in [-0.4, -0.2) is 18.1 Å². The molecule has 0 bridgehead atoms. The minimum atomic E-state index is -4.55. The van der Waals surface area contributed by atoms with E-state index in [4.69, 9.17) is 4.42 Å². The van der Waals surface area contributed by atoms with Gasteiger partial charge in [0.25, 0.3) is 0 Å². The SMILES string of the molecule is COC(=O)c1cccc2c(=O)oc(-c3cccc(C(F)(F)F)c3)nc12. The zero-order valence-corrected chi connectivity index (χ0v) is 12.8. The number of fused-ring (bicyclic) bond motifs is 1. The summed E-state index contributed by atoms with van der Waals surface area (Å²) in [4.78, 5) is 28.0. The van der Waals surface area contributed by atoms with Crippen molar-refractivity contribution in [2.24, 2.45) is 0 Å². The van der Waals surface area contributed by atoms with Gasteiger partial charge < -0.3 is 9.15 Å². The summed E-state index contributed by atoms with van der Waals surface area (Å²) in [6, 6.07) is 8.47. The van der Waals surface area contributed by atoms with Crippen LogP contribution in [0.15, 0.2) is 51.7 Å². The average molecular weight is 349 g/mol. The molecule has 8 heteroatoms. The lowest BCUT2D eigenvalue weighted by atomic mass is 10.1. The summed E-state index contributed by atoms with van der Waals surface area (Å²) in [5, 5.41) is 0.0265. The lowest BCUT2D eigenvalue weighted by molar-refractivity contribution is -0.137. The van der Waals surface area contributed by atoms with Gasteiger partial charge in [-0.15, -0.1) is 0 Å². The second-order valence-corrected chi connectivity index (χ2v) is 5.08. The summed E-state index contributed by atoms with van der Waals surface area (Å²) in [5.74, 6) is -1.04. The predicted molar refractivity (Wildman–Crippen MR) is 82.1 cm³/mol. The van der Waals surface area contributed by atoms with Crippen LogP contribution in [0.2, 0.25) is 0 Å². The largest absolute Gasteiger partial charge is 0.465 e. The van der Waals surface area contributed by atoms with Gasteiger partial charge in [-0.05, 0) is 30.3 Å². The van der Waals surface area contributed by atoms with Gasteiger partial charge >= 0.3 is 17.8 Å². The first-order valence-corrected chi connectivity index (χ1v) is 7.01. The van der Waals surface area contributed by atoms with E-state index in [1.807, 2.05) is 0 Å². The number of esters is 1. The number of hydrogen-bond acceptors (Lipinski definition) is 5. The van der Waals surface area contributed by atoms with Crippen LogP contribution in [0.3, 0.4) is 0 Å². The molecule has 0 radical (unpaired) electrons. The number of para-hydroxylation sites is 1. The van der Waals surface area contributed by atoms with Gasteiger partial charge in [0.15, 0.2) is 0 Å². The molecule has 0 amide bonds. The topological polar surface area (TPSA) is 69.4 Å². The van der Waals surface area contributed by atoms with Crippen LogP contribution in [-0.2, 0) is 10.9 Å². The fraction of sp³-hybridized carbons (Fsp3) is 0.118. The zero-order valence-electron chi connectivity index (χ0n) is 12.8. The smallest absolute Gasteiger partial charge is 0.416 e. The molecule has 0 atom stereocenters. The van der Waals surface area contributed by atoms with Crippen molar-refractivity contribution in [3.8, 4) is 11.5 Å². The summed E-state index contributed by atoms with van der Waals surface area (Å²) in [6.07, 6.45) is -4.55. The Bertz CT molecular complexity index is 1020. The molecule has 25 heavy (non-hydrogen) atoms. The van der Waals surface area contributed by atoms with E-state index in [0.29, 0.717) is 0 Å². The molecule has 3 aromatic rings. The zero-order chi connectivity index (χ0) is 18.2. The molecule has 0 saturated carbocycles. The van der Waals surface area contributed by atoms with E-state index in [1.54, 1.807) is 0 Å². The maximum absolute atomic E-state index is 12.9. The minimum absolute atomic E-state index is 0.00184. The van der Waals surface area contributed by atoms with Crippen molar-refractivity contribution in [2.45, 2.75) is 6.18 Å². The van der Waals surface area contributed by atoms with Crippen molar-refractivity contribution in [3.63, 3.8) is 0 Å². The number of nitrogens with zero attached hydrogens (tertiary/aromatic N) is 1. The quantitative estimate of drug-likeness (QED) is 0.661. The summed E-state index contributed by atoms with van der Waals surface area (Å²) >= 11 is 0. The number of halogens is 3. The molecule has 0 aliphatic heterocycles. The van der Waals surface area contributed by atoms with E-state index in [1.165, 1.54) is 37.4 Å². The number of carbonyl (C=O) groups excluding carboxylic acids is 1. The number of benzene rings is 2. The van der Waals surface area contributed by atoms with Crippen molar-refractivity contribution < 1.29 is 27.1 Å². The molecular formula is C17H10F3NO4. The Morgan fingerprint density at radius 1 is 1.16 bits per heavy atom.